The minimum absolute atomic E-state index is 0.327. The van der Waals surface area contributed by atoms with Crippen LogP contribution < -0.4 is 0 Å². The molecule has 0 unspecified atom stereocenters. The molecule has 0 aliphatic carbocycles. The smallest absolute Gasteiger partial charge is 0.235 e. The van der Waals surface area contributed by atoms with Gasteiger partial charge in [0.1, 0.15) is 0 Å². The third-order valence-electron chi connectivity index (χ3n) is 2.38. The molecule has 0 aliphatic rings. The minimum atomic E-state index is 0.327. The van der Waals surface area contributed by atoms with E-state index in [0.29, 0.717) is 6.54 Å². The van der Waals surface area contributed by atoms with Crippen LogP contribution in [0.1, 0.15) is 21.8 Å². The molecule has 1 aromatic heterocycles. The fourth-order valence-corrected chi connectivity index (χ4v) is 2.32. The van der Waals surface area contributed by atoms with Gasteiger partial charge in [-0.3, -0.25) is 0 Å². The third-order valence-corrected chi connectivity index (χ3v) is 3.28. The topological polar surface area (TPSA) is 42.3 Å². The van der Waals surface area contributed by atoms with Crippen LogP contribution in [-0.2, 0) is 17.8 Å². The van der Waals surface area contributed by atoms with Gasteiger partial charge in [-0.05, 0) is 12.5 Å². The Hall–Kier alpha value is -1.77. The molecule has 0 saturated carbocycles. The van der Waals surface area contributed by atoms with Gasteiger partial charge in [0.15, 0.2) is 0 Å². The number of hydrogen-bond acceptors (Lipinski definition) is 4. The predicted molar refractivity (Wildman–Crippen MR) is 67.9 cm³/mol. The number of isocyanates is 1. The lowest BCUT2D eigenvalue weighted by atomic mass is 10.1. The number of aromatic nitrogens is 1. The van der Waals surface area contributed by atoms with Crippen LogP contribution in [0.3, 0.4) is 0 Å². The maximum Gasteiger partial charge on any atom is 0.235 e. The number of aliphatic imine (C=N–C) groups is 1. The molecule has 0 atom stereocenters. The third kappa shape index (κ3) is 3.34. The average molecular weight is 244 g/mol. The molecule has 86 valence electrons. The van der Waals surface area contributed by atoms with E-state index in [-0.39, 0.29) is 0 Å². The van der Waals surface area contributed by atoms with Gasteiger partial charge in [0, 0.05) is 11.8 Å². The van der Waals surface area contributed by atoms with Crippen LogP contribution in [0.2, 0.25) is 0 Å². The summed E-state index contributed by atoms with van der Waals surface area (Å²) in [6.45, 7) is 2.40. The summed E-state index contributed by atoms with van der Waals surface area (Å²) >= 11 is 1.60. The second-order valence-corrected chi connectivity index (χ2v) is 4.75. The zero-order valence-electron chi connectivity index (χ0n) is 9.51. The summed E-state index contributed by atoms with van der Waals surface area (Å²) in [5.41, 5.74) is 3.34. The van der Waals surface area contributed by atoms with E-state index in [1.165, 1.54) is 17.2 Å². The summed E-state index contributed by atoms with van der Waals surface area (Å²) in [5, 5.41) is 2.98. The normalized spacial score (nSPS) is 9.94. The zero-order chi connectivity index (χ0) is 12.1. The van der Waals surface area contributed by atoms with Gasteiger partial charge in [-0.25, -0.2) is 9.78 Å². The van der Waals surface area contributed by atoms with Crippen molar-refractivity contribution in [3.05, 3.63) is 51.5 Å². The molecule has 0 radical (unpaired) electrons. The number of rotatable bonds is 4. The van der Waals surface area contributed by atoms with Crippen molar-refractivity contribution in [2.75, 3.05) is 0 Å². The van der Waals surface area contributed by atoms with Crippen LogP contribution in [0.4, 0.5) is 0 Å². The Kier molecular flexibility index (Phi) is 3.81. The largest absolute Gasteiger partial charge is 0.244 e. The molecule has 0 saturated heterocycles. The van der Waals surface area contributed by atoms with Crippen LogP contribution in [-0.4, -0.2) is 11.1 Å². The van der Waals surface area contributed by atoms with E-state index in [2.05, 4.69) is 41.2 Å². The second kappa shape index (κ2) is 5.53. The fraction of sp³-hybridized carbons (Fsp3) is 0.231. The molecule has 0 fully saturated rings. The van der Waals surface area contributed by atoms with Crippen molar-refractivity contribution >= 4 is 17.4 Å². The Morgan fingerprint density at radius 1 is 1.35 bits per heavy atom. The highest BCUT2D eigenvalue weighted by atomic mass is 32.1. The molecule has 1 aromatic carbocycles. The molecule has 17 heavy (non-hydrogen) atoms. The molecule has 0 N–H and O–H groups in total. The van der Waals surface area contributed by atoms with E-state index in [1.54, 1.807) is 11.3 Å². The van der Waals surface area contributed by atoms with Gasteiger partial charge in [0.2, 0.25) is 6.08 Å². The molecule has 2 aromatic rings. The van der Waals surface area contributed by atoms with Crippen molar-refractivity contribution in [1.29, 1.82) is 0 Å². The molecule has 0 bridgehead atoms. The second-order valence-electron chi connectivity index (χ2n) is 3.80. The highest BCUT2D eigenvalue weighted by Gasteiger charge is 2.02. The van der Waals surface area contributed by atoms with Crippen molar-refractivity contribution in [2.24, 2.45) is 4.99 Å². The van der Waals surface area contributed by atoms with Crippen LogP contribution in [0.5, 0.6) is 0 Å². The fourth-order valence-electron chi connectivity index (χ4n) is 1.50. The van der Waals surface area contributed by atoms with Crippen LogP contribution >= 0.6 is 11.3 Å². The molecule has 1 heterocycles. The number of benzene rings is 1. The average Bonchev–Trinajstić information content (AvgIpc) is 2.77. The number of hydrogen-bond donors (Lipinski definition) is 0. The van der Waals surface area contributed by atoms with Crippen molar-refractivity contribution in [3.63, 3.8) is 0 Å². The number of nitrogens with zero attached hydrogens (tertiary/aromatic N) is 2. The van der Waals surface area contributed by atoms with Gasteiger partial charge in [0.05, 0.1) is 17.2 Å². The first-order valence-electron chi connectivity index (χ1n) is 5.30. The Bertz CT molecular complexity index is 539. The molecular weight excluding hydrogens is 232 g/mol. The Labute approximate surface area is 104 Å². The van der Waals surface area contributed by atoms with Gasteiger partial charge in [-0.1, -0.05) is 29.8 Å². The first-order chi connectivity index (χ1) is 8.28. The van der Waals surface area contributed by atoms with Gasteiger partial charge < -0.3 is 0 Å². The lowest BCUT2D eigenvalue weighted by molar-refractivity contribution is 0.562. The van der Waals surface area contributed by atoms with E-state index >= 15 is 0 Å². The van der Waals surface area contributed by atoms with Crippen molar-refractivity contribution in [1.82, 2.24) is 4.98 Å². The lowest BCUT2D eigenvalue weighted by Gasteiger charge is -1.98. The highest BCUT2D eigenvalue weighted by Crippen LogP contribution is 2.15. The van der Waals surface area contributed by atoms with Crippen molar-refractivity contribution in [2.45, 2.75) is 19.9 Å². The summed E-state index contributed by atoms with van der Waals surface area (Å²) in [6.07, 6.45) is 2.35. The first kappa shape index (κ1) is 11.7. The van der Waals surface area contributed by atoms with Crippen molar-refractivity contribution in [3.8, 4) is 0 Å². The standard InChI is InChI=1S/C13H12N2OS/c1-10-2-4-11(5-3-10)6-13-15-12(8-17-13)7-14-9-16/h2-5,8H,6-7H2,1H3. The van der Waals surface area contributed by atoms with Gasteiger partial charge in [-0.2, -0.15) is 4.99 Å². The lowest BCUT2D eigenvalue weighted by Crippen LogP contribution is -1.88. The molecule has 4 heteroatoms. The molecule has 3 nitrogen and oxygen atoms in total. The van der Waals surface area contributed by atoms with E-state index in [0.717, 1.165) is 17.1 Å². The molecule has 0 amide bonds. The van der Waals surface area contributed by atoms with Gasteiger partial charge in [0.25, 0.3) is 0 Å². The maximum atomic E-state index is 9.99. The number of aryl methyl sites for hydroxylation is 1. The first-order valence-corrected chi connectivity index (χ1v) is 6.18. The Morgan fingerprint density at radius 3 is 2.82 bits per heavy atom. The summed E-state index contributed by atoms with van der Waals surface area (Å²) < 4.78 is 0. The summed E-state index contributed by atoms with van der Waals surface area (Å²) in [7, 11) is 0. The van der Waals surface area contributed by atoms with E-state index in [4.69, 9.17) is 0 Å². The minimum Gasteiger partial charge on any atom is -0.244 e. The van der Waals surface area contributed by atoms with Crippen LogP contribution in [0.25, 0.3) is 0 Å². The monoisotopic (exact) mass is 244 g/mol. The number of carbonyl (C=O) groups excluding carboxylic acids is 1. The van der Waals surface area contributed by atoms with Crippen LogP contribution in [0, 0.1) is 6.92 Å². The van der Waals surface area contributed by atoms with Crippen molar-refractivity contribution < 1.29 is 4.79 Å². The SMILES string of the molecule is Cc1ccc(Cc2nc(CN=C=O)cs2)cc1. The van der Waals surface area contributed by atoms with Crippen LogP contribution in [0.15, 0.2) is 34.6 Å². The Balaban J connectivity index is 2.05. The number of thiazole rings is 1. The highest BCUT2D eigenvalue weighted by molar-refractivity contribution is 7.09. The molecule has 0 aliphatic heterocycles. The van der Waals surface area contributed by atoms with E-state index in [9.17, 15) is 4.79 Å². The maximum absolute atomic E-state index is 9.99. The predicted octanol–water partition coefficient (Wildman–Crippen LogP) is 2.88. The summed E-state index contributed by atoms with van der Waals surface area (Å²) in [6, 6.07) is 8.42. The van der Waals surface area contributed by atoms with E-state index < -0.39 is 0 Å². The quantitative estimate of drug-likeness (QED) is 0.613. The van der Waals surface area contributed by atoms with Gasteiger partial charge >= 0.3 is 0 Å². The Morgan fingerprint density at radius 2 is 2.12 bits per heavy atom. The molecule has 0 spiro atoms. The molecular formula is C13H12N2OS. The summed E-state index contributed by atoms with van der Waals surface area (Å²) in [4.78, 5) is 17.9. The van der Waals surface area contributed by atoms with E-state index in [1.807, 2.05) is 5.38 Å². The zero-order valence-corrected chi connectivity index (χ0v) is 10.3. The van der Waals surface area contributed by atoms with Gasteiger partial charge in [-0.15, -0.1) is 11.3 Å². The summed E-state index contributed by atoms with van der Waals surface area (Å²) in [5.74, 6) is 0. The molecule has 2 rings (SSSR count).